The molecule has 3 N–H and O–H groups in total. The van der Waals surface area contributed by atoms with Gasteiger partial charge in [0.25, 0.3) is 0 Å². The first-order valence-corrected chi connectivity index (χ1v) is 15.8. The molecule has 4 aliphatic carbocycles. The van der Waals surface area contributed by atoms with Crippen molar-refractivity contribution in [3.8, 4) is 0 Å². The normalized spacial score (nSPS) is 46.7. The van der Waals surface area contributed by atoms with Gasteiger partial charge in [-0.3, -0.25) is 19.2 Å². The Balaban J connectivity index is 1.66. The van der Waals surface area contributed by atoms with Gasteiger partial charge in [-0.25, -0.2) is 4.79 Å². The van der Waals surface area contributed by atoms with Gasteiger partial charge in [0.15, 0.2) is 6.10 Å². The molecule has 2 bridgehead atoms. The van der Waals surface area contributed by atoms with Crippen LogP contribution in [0.3, 0.4) is 0 Å². The molecule has 14 nitrogen and oxygen atoms in total. The number of rotatable bonds is 6. The fourth-order valence-corrected chi connectivity index (χ4v) is 11.3. The van der Waals surface area contributed by atoms with Crippen LogP contribution in [-0.2, 0) is 47.7 Å². The fraction of sp³-hybridized carbons (Fsp3) is 0.727. The first-order valence-electron chi connectivity index (χ1n) is 15.8. The highest BCUT2D eigenvalue weighted by Gasteiger charge is 2.90. The summed E-state index contributed by atoms with van der Waals surface area (Å²) < 4.78 is 34.0. The summed E-state index contributed by atoms with van der Waals surface area (Å²) in [6.45, 7) is 8.55. The lowest BCUT2D eigenvalue weighted by Gasteiger charge is -2.72. The number of aliphatic hydroxyl groups excluding tert-OH is 1. The van der Waals surface area contributed by atoms with Crippen LogP contribution in [0.4, 0.5) is 0 Å². The summed E-state index contributed by atoms with van der Waals surface area (Å²) in [6, 6.07) is 1.59. The molecule has 5 fully saturated rings. The zero-order chi connectivity index (χ0) is 34.6. The van der Waals surface area contributed by atoms with Crippen molar-refractivity contribution in [3.05, 3.63) is 24.2 Å². The quantitative estimate of drug-likeness (QED) is 0.291. The number of carbonyl (C=O) groups is 5. The van der Waals surface area contributed by atoms with Crippen LogP contribution in [-0.4, -0.2) is 87.9 Å². The minimum absolute atomic E-state index is 0.109. The molecule has 5 aliphatic rings. The summed E-state index contributed by atoms with van der Waals surface area (Å²) in [5.41, 5.74) is -7.92. The molecule has 14 atom stereocenters. The van der Waals surface area contributed by atoms with Gasteiger partial charge in [0, 0.05) is 54.9 Å². The number of carbonyl (C=O) groups excluding carboxylic acids is 5. The van der Waals surface area contributed by atoms with Crippen molar-refractivity contribution < 1.29 is 67.4 Å². The van der Waals surface area contributed by atoms with E-state index in [0.29, 0.717) is 5.56 Å². The summed E-state index contributed by atoms with van der Waals surface area (Å²) in [4.78, 5) is 64.7. The molecule has 0 spiro atoms. The van der Waals surface area contributed by atoms with Crippen molar-refractivity contribution in [2.45, 2.75) is 103 Å². The number of ether oxygens (including phenoxy) is 5. The SMILES string of the molecule is COC(=O)[C@H](O)[C@H]1[C@@]2(C)C[C@]3(O)[C@H]([C@H]2OC(C)=O)[C@@H](OC(C)=O)[C@@]2(O)C(C[C@H](OC(C)=O)[C@@]4(C)[C@H](c5ccoc5)OC(=O)C[C@@H]24)[C@]13C. The first kappa shape index (κ1) is 33.4. The van der Waals surface area contributed by atoms with E-state index in [0.717, 1.165) is 14.0 Å². The Morgan fingerprint density at radius 1 is 0.957 bits per heavy atom. The minimum atomic E-state index is -2.19. The van der Waals surface area contributed by atoms with Crippen molar-refractivity contribution in [1.29, 1.82) is 0 Å². The Kier molecular flexibility index (Phi) is 7.47. The molecule has 1 aliphatic heterocycles. The summed E-state index contributed by atoms with van der Waals surface area (Å²) >= 11 is 0. The molecule has 0 amide bonds. The Hall–Kier alpha value is -3.49. The molecule has 258 valence electrons. The number of fused-ring (bicyclic) bond motifs is 5. The van der Waals surface area contributed by atoms with Crippen LogP contribution >= 0.6 is 0 Å². The summed E-state index contributed by atoms with van der Waals surface area (Å²) in [6.07, 6.45) is -4.71. The van der Waals surface area contributed by atoms with Gasteiger partial charge in [-0.1, -0.05) is 20.8 Å². The molecule has 1 aromatic rings. The monoisotopic (exact) mass is 662 g/mol. The molecule has 1 unspecified atom stereocenters. The van der Waals surface area contributed by atoms with E-state index in [2.05, 4.69) is 0 Å². The maximum atomic E-state index is 13.5. The minimum Gasteiger partial charge on any atom is -0.472 e. The van der Waals surface area contributed by atoms with Crippen LogP contribution in [0.5, 0.6) is 0 Å². The Morgan fingerprint density at radius 2 is 1.57 bits per heavy atom. The number of methoxy groups -OCH3 is 1. The molecule has 0 aromatic carbocycles. The van der Waals surface area contributed by atoms with Crippen molar-refractivity contribution in [2.24, 2.45) is 39.9 Å². The Morgan fingerprint density at radius 3 is 2.13 bits per heavy atom. The van der Waals surface area contributed by atoms with E-state index in [1.165, 1.54) is 26.4 Å². The third-order valence-corrected chi connectivity index (χ3v) is 12.7. The lowest BCUT2D eigenvalue weighted by molar-refractivity contribution is -0.368. The molecule has 1 saturated heterocycles. The molecule has 2 heterocycles. The molecular weight excluding hydrogens is 620 g/mol. The highest BCUT2D eigenvalue weighted by Crippen LogP contribution is 2.81. The molecule has 14 heteroatoms. The van der Waals surface area contributed by atoms with Gasteiger partial charge in [0.05, 0.1) is 43.0 Å². The highest BCUT2D eigenvalue weighted by molar-refractivity contribution is 5.76. The van der Waals surface area contributed by atoms with Gasteiger partial charge in [-0.05, 0) is 18.9 Å². The van der Waals surface area contributed by atoms with Crippen molar-refractivity contribution >= 4 is 29.8 Å². The zero-order valence-corrected chi connectivity index (χ0v) is 27.4. The topological polar surface area (TPSA) is 205 Å². The number of furan rings is 1. The predicted molar refractivity (Wildman–Crippen MR) is 154 cm³/mol. The molecular formula is C33H42O14. The highest BCUT2D eigenvalue weighted by atomic mass is 16.6. The van der Waals surface area contributed by atoms with E-state index in [1.807, 2.05) is 0 Å². The molecule has 6 rings (SSSR count). The van der Waals surface area contributed by atoms with Gasteiger partial charge in [0.2, 0.25) is 0 Å². The second-order valence-corrected chi connectivity index (χ2v) is 14.7. The fourth-order valence-electron chi connectivity index (χ4n) is 11.3. The maximum Gasteiger partial charge on any atom is 0.335 e. The lowest BCUT2D eigenvalue weighted by atomic mass is 9.36. The number of hydrogen-bond acceptors (Lipinski definition) is 14. The number of aliphatic hydroxyl groups is 3. The van der Waals surface area contributed by atoms with Crippen molar-refractivity contribution in [1.82, 2.24) is 0 Å². The third-order valence-electron chi connectivity index (χ3n) is 12.7. The van der Waals surface area contributed by atoms with Crippen molar-refractivity contribution in [2.75, 3.05) is 7.11 Å². The van der Waals surface area contributed by atoms with Crippen LogP contribution in [0.15, 0.2) is 23.0 Å². The second kappa shape index (κ2) is 10.5. The van der Waals surface area contributed by atoms with Gasteiger partial charge in [-0.2, -0.15) is 0 Å². The van der Waals surface area contributed by atoms with Crippen LogP contribution in [0.2, 0.25) is 0 Å². The van der Waals surface area contributed by atoms with Crippen LogP contribution in [0, 0.1) is 39.9 Å². The number of esters is 5. The molecule has 0 radical (unpaired) electrons. The number of hydrogen-bond donors (Lipinski definition) is 3. The van der Waals surface area contributed by atoms with Crippen LogP contribution < -0.4 is 0 Å². The van der Waals surface area contributed by atoms with Crippen LogP contribution in [0.25, 0.3) is 0 Å². The smallest absolute Gasteiger partial charge is 0.335 e. The van der Waals surface area contributed by atoms with E-state index >= 15 is 0 Å². The Bertz CT molecular complexity index is 1510. The summed E-state index contributed by atoms with van der Waals surface area (Å²) in [5.74, 6) is -8.67. The average molecular weight is 663 g/mol. The van der Waals surface area contributed by atoms with Gasteiger partial charge < -0.3 is 43.4 Å². The van der Waals surface area contributed by atoms with Gasteiger partial charge in [-0.15, -0.1) is 0 Å². The molecule has 1 aromatic heterocycles. The van der Waals surface area contributed by atoms with Crippen molar-refractivity contribution in [3.63, 3.8) is 0 Å². The van der Waals surface area contributed by atoms with E-state index in [9.17, 15) is 39.3 Å². The number of cyclic esters (lactones) is 1. The first-order chi connectivity index (χ1) is 21.8. The maximum absolute atomic E-state index is 13.5. The van der Waals surface area contributed by atoms with E-state index in [-0.39, 0.29) is 12.8 Å². The summed E-state index contributed by atoms with van der Waals surface area (Å²) in [5, 5.41) is 38.1. The summed E-state index contributed by atoms with van der Waals surface area (Å²) in [7, 11) is 1.10. The largest absolute Gasteiger partial charge is 0.472 e. The molecule has 47 heavy (non-hydrogen) atoms. The third kappa shape index (κ3) is 4.10. The second-order valence-electron chi connectivity index (χ2n) is 14.7. The van der Waals surface area contributed by atoms with E-state index < -0.39 is 118 Å². The Labute approximate surface area is 271 Å². The van der Waals surface area contributed by atoms with E-state index in [1.54, 1.807) is 26.8 Å². The van der Waals surface area contributed by atoms with Gasteiger partial charge in [0.1, 0.15) is 30.0 Å². The molecule has 4 saturated carbocycles. The van der Waals surface area contributed by atoms with Crippen LogP contribution in [0.1, 0.15) is 72.5 Å². The van der Waals surface area contributed by atoms with Gasteiger partial charge >= 0.3 is 29.8 Å². The van der Waals surface area contributed by atoms with E-state index in [4.69, 9.17) is 28.1 Å². The predicted octanol–water partition coefficient (Wildman–Crippen LogP) is 1.38. The average Bonchev–Trinajstić information content (AvgIpc) is 3.62. The zero-order valence-electron chi connectivity index (χ0n) is 27.4. The standard InChI is InChI=1S/C33H42O14/c1-14(34)44-20-10-19-31(6)24(23(38)28(39)42-7)29(4)13-32(31,40)22(26(29)45-15(2)35)27(46-16(3)36)33(19,41)18-11-21(37)47-25(30(18,20)5)17-8-9-43-12-17/h8-9,12,18-20,22-27,38,40-41H,10-11,13H2,1-7H3/t18-,19?,20+,22-,23-,24+,25+,26-,27-,29-,30+,31-,32+,33+/m1/s1. The lowest BCUT2D eigenvalue weighted by Crippen LogP contribution is -2.83.